The molecule has 13 heteroatoms. The molecule has 1 rings (SSSR count). The largest absolute Gasteiger partial charge is 0.370 e. The Morgan fingerprint density at radius 3 is 2.38 bits per heavy atom. The van der Waals surface area contributed by atoms with E-state index >= 15 is 0 Å². The fourth-order valence-corrected chi connectivity index (χ4v) is 3.48. The van der Waals surface area contributed by atoms with Gasteiger partial charge in [-0.1, -0.05) is 13.8 Å². The zero-order chi connectivity index (χ0) is 23.6. The van der Waals surface area contributed by atoms with E-state index in [1.165, 1.54) is 4.90 Å². The lowest BCUT2D eigenvalue weighted by atomic mass is 10.0. The van der Waals surface area contributed by atoms with Gasteiger partial charge in [0.2, 0.25) is 23.6 Å². The Hall–Kier alpha value is -2.60. The zero-order valence-corrected chi connectivity index (χ0v) is 19.5. The fourth-order valence-electron chi connectivity index (χ4n) is 3.48. The molecule has 0 aromatic carbocycles. The standard InChI is InChI=1S/C19H36N8O4.ClH/c1-11(2)9-12(20)16(29)26-13(5-3-7-24-19(22)23)18(31)27-8-4-6-14(27)17(30)25-10-15(21)28;/h11-14H,3-10,20H2,1-2H3,(H2,21,28)(H,25,30)(H,26,29)(H4,22,23,24);1H/t12-,13-,14-;/m0./s1. The number of nitrogens with zero attached hydrogens (tertiary/aromatic N) is 1. The minimum Gasteiger partial charge on any atom is -0.370 e. The van der Waals surface area contributed by atoms with Crippen LogP contribution in [0, 0.1) is 11.3 Å². The highest BCUT2D eigenvalue weighted by molar-refractivity contribution is 5.94. The summed E-state index contributed by atoms with van der Waals surface area (Å²) in [6, 6.07) is -2.35. The molecule has 0 saturated carbocycles. The highest BCUT2D eigenvalue weighted by Crippen LogP contribution is 2.20. The van der Waals surface area contributed by atoms with E-state index < -0.39 is 35.8 Å². The number of primary amides is 1. The van der Waals surface area contributed by atoms with Gasteiger partial charge in [-0.15, -0.1) is 12.4 Å². The summed E-state index contributed by atoms with van der Waals surface area (Å²) in [6.45, 7) is 4.31. The number of nitrogens with one attached hydrogen (secondary N) is 4. The van der Waals surface area contributed by atoms with Crippen molar-refractivity contribution in [2.24, 2.45) is 23.1 Å². The third kappa shape index (κ3) is 10.1. The molecule has 0 aromatic heterocycles. The maximum absolute atomic E-state index is 13.2. The molecule has 10 N–H and O–H groups in total. The van der Waals surface area contributed by atoms with Gasteiger partial charge in [0.15, 0.2) is 5.96 Å². The molecule has 32 heavy (non-hydrogen) atoms. The first kappa shape index (κ1) is 29.4. The molecule has 12 nitrogen and oxygen atoms in total. The Labute approximate surface area is 194 Å². The third-order valence-electron chi connectivity index (χ3n) is 4.94. The third-order valence-corrected chi connectivity index (χ3v) is 4.94. The van der Waals surface area contributed by atoms with Crippen LogP contribution in [0.4, 0.5) is 0 Å². The van der Waals surface area contributed by atoms with Gasteiger partial charge in [-0.25, -0.2) is 0 Å². The van der Waals surface area contributed by atoms with Crippen molar-refractivity contribution < 1.29 is 19.2 Å². The summed E-state index contributed by atoms with van der Waals surface area (Å²) in [4.78, 5) is 50.5. The van der Waals surface area contributed by atoms with Crippen LogP contribution in [0.25, 0.3) is 0 Å². The summed E-state index contributed by atoms with van der Waals surface area (Å²) in [6.07, 6.45) is 2.30. The summed E-state index contributed by atoms with van der Waals surface area (Å²) in [5.41, 5.74) is 16.3. The molecular weight excluding hydrogens is 440 g/mol. The quantitative estimate of drug-likeness (QED) is 0.0966. The van der Waals surface area contributed by atoms with Crippen molar-refractivity contribution in [3.63, 3.8) is 0 Å². The summed E-state index contributed by atoms with van der Waals surface area (Å²) in [5.74, 6) is -1.91. The lowest BCUT2D eigenvalue weighted by Gasteiger charge is -2.29. The zero-order valence-electron chi connectivity index (χ0n) is 18.7. The molecule has 0 aromatic rings. The van der Waals surface area contributed by atoms with Crippen LogP contribution in [0.2, 0.25) is 0 Å². The highest BCUT2D eigenvalue weighted by Gasteiger charge is 2.37. The van der Waals surface area contributed by atoms with Crippen molar-refractivity contribution in [2.45, 2.75) is 64.1 Å². The Morgan fingerprint density at radius 2 is 1.81 bits per heavy atom. The molecule has 1 aliphatic heterocycles. The Bertz CT molecular complexity index is 676. The van der Waals surface area contributed by atoms with Gasteiger partial charge >= 0.3 is 0 Å². The number of hydrogen-bond donors (Lipinski definition) is 7. The van der Waals surface area contributed by atoms with Gasteiger partial charge in [0.25, 0.3) is 0 Å². The van der Waals surface area contributed by atoms with Crippen molar-refractivity contribution in [3.05, 3.63) is 0 Å². The number of likely N-dealkylation sites (tertiary alicyclic amines) is 1. The van der Waals surface area contributed by atoms with Gasteiger partial charge in [0.1, 0.15) is 12.1 Å². The van der Waals surface area contributed by atoms with Crippen LogP contribution >= 0.6 is 12.4 Å². The molecule has 3 atom stereocenters. The van der Waals surface area contributed by atoms with E-state index in [2.05, 4.69) is 16.0 Å². The van der Waals surface area contributed by atoms with Crippen molar-refractivity contribution in [1.29, 1.82) is 5.41 Å². The van der Waals surface area contributed by atoms with Crippen LogP contribution in [0.1, 0.15) is 46.0 Å². The summed E-state index contributed by atoms with van der Waals surface area (Å²) >= 11 is 0. The maximum atomic E-state index is 13.2. The average molecular weight is 477 g/mol. The molecule has 1 saturated heterocycles. The van der Waals surface area contributed by atoms with Gasteiger partial charge in [-0.3, -0.25) is 24.6 Å². The summed E-state index contributed by atoms with van der Waals surface area (Å²) < 4.78 is 0. The van der Waals surface area contributed by atoms with Crippen LogP contribution in [0.15, 0.2) is 0 Å². The van der Waals surface area contributed by atoms with Gasteiger partial charge in [-0.05, 0) is 38.0 Å². The van der Waals surface area contributed by atoms with Crippen molar-refractivity contribution in [1.82, 2.24) is 20.9 Å². The van der Waals surface area contributed by atoms with E-state index in [1.54, 1.807) is 0 Å². The minimum atomic E-state index is -0.871. The van der Waals surface area contributed by atoms with Crippen molar-refractivity contribution >= 4 is 42.0 Å². The molecule has 184 valence electrons. The van der Waals surface area contributed by atoms with Crippen LogP contribution in [0.5, 0.6) is 0 Å². The predicted octanol–water partition coefficient (Wildman–Crippen LogP) is -1.88. The molecule has 0 aliphatic carbocycles. The normalized spacial score (nSPS) is 17.1. The SMILES string of the molecule is CC(C)C[C@H](N)C(=O)N[C@@H](CCCNC(=N)N)C(=O)N1CCC[C@H]1C(=O)NCC(N)=O.Cl. The molecule has 4 amide bonds. The number of guanidine groups is 1. The molecular formula is C19H37ClN8O4. The maximum Gasteiger partial charge on any atom is 0.245 e. The molecule has 0 unspecified atom stereocenters. The van der Waals surface area contributed by atoms with E-state index in [1.807, 2.05) is 13.8 Å². The van der Waals surface area contributed by atoms with Crippen molar-refractivity contribution in [2.75, 3.05) is 19.6 Å². The van der Waals surface area contributed by atoms with Crippen LogP contribution in [-0.4, -0.2) is 72.2 Å². The first-order valence-corrected chi connectivity index (χ1v) is 10.5. The van der Waals surface area contributed by atoms with Gasteiger partial charge in [0, 0.05) is 13.1 Å². The first-order chi connectivity index (χ1) is 14.5. The van der Waals surface area contributed by atoms with E-state index in [0.29, 0.717) is 38.8 Å². The molecule has 0 spiro atoms. The molecule has 0 radical (unpaired) electrons. The Kier molecular flexibility index (Phi) is 13.3. The summed E-state index contributed by atoms with van der Waals surface area (Å²) in [7, 11) is 0. The molecule has 1 heterocycles. The number of amides is 4. The number of rotatable bonds is 12. The number of halogens is 1. The molecule has 1 aliphatic rings. The van der Waals surface area contributed by atoms with Crippen LogP contribution in [0.3, 0.4) is 0 Å². The Balaban J connectivity index is 0.00000961. The number of hydrogen-bond acceptors (Lipinski definition) is 6. The van der Waals surface area contributed by atoms with Crippen molar-refractivity contribution in [3.8, 4) is 0 Å². The van der Waals surface area contributed by atoms with Gasteiger partial charge < -0.3 is 38.1 Å². The van der Waals surface area contributed by atoms with E-state index in [9.17, 15) is 19.2 Å². The minimum absolute atomic E-state index is 0. The highest BCUT2D eigenvalue weighted by atomic mass is 35.5. The first-order valence-electron chi connectivity index (χ1n) is 10.5. The van der Waals surface area contributed by atoms with Crippen LogP contribution in [-0.2, 0) is 19.2 Å². The van der Waals surface area contributed by atoms with Crippen LogP contribution < -0.4 is 33.2 Å². The van der Waals surface area contributed by atoms with Gasteiger partial charge in [0.05, 0.1) is 12.6 Å². The van der Waals surface area contributed by atoms with E-state index in [4.69, 9.17) is 22.6 Å². The number of carbonyl (C=O) groups excluding carboxylic acids is 4. The lowest BCUT2D eigenvalue weighted by molar-refractivity contribution is -0.142. The summed E-state index contributed by atoms with van der Waals surface area (Å²) in [5, 5.41) is 15.0. The molecule has 1 fully saturated rings. The second-order valence-electron chi connectivity index (χ2n) is 8.15. The topological polar surface area (TPSA) is 210 Å². The number of nitrogens with two attached hydrogens (primary N) is 3. The fraction of sp³-hybridized carbons (Fsp3) is 0.737. The Morgan fingerprint density at radius 1 is 1.16 bits per heavy atom. The molecule has 0 bridgehead atoms. The number of carbonyl (C=O) groups is 4. The monoisotopic (exact) mass is 476 g/mol. The second kappa shape index (κ2) is 14.5. The lowest BCUT2D eigenvalue weighted by Crippen LogP contribution is -2.56. The van der Waals surface area contributed by atoms with Gasteiger partial charge in [-0.2, -0.15) is 0 Å². The van der Waals surface area contributed by atoms with E-state index in [0.717, 1.165) is 0 Å². The average Bonchev–Trinajstić information content (AvgIpc) is 3.16. The smallest absolute Gasteiger partial charge is 0.245 e. The predicted molar refractivity (Wildman–Crippen MR) is 123 cm³/mol. The van der Waals surface area contributed by atoms with E-state index in [-0.39, 0.29) is 43.2 Å². The second-order valence-corrected chi connectivity index (χ2v) is 8.15.